The minimum Gasteiger partial charge on any atom is -0.368 e. The molecule has 0 saturated carbocycles. The van der Waals surface area contributed by atoms with Crippen molar-refractivity contribution in [2.75, 3.05) is 12.3 Å². The minimum atomic E-state index is -0.596. The Kier molecular flexibility index (Phi) is 7.43. The number of carbonyl (C=O) groups is 3. The lowest BCUT2D eigenvalue weighted by molar-refractivity contribution is -0.119. The maximum Gasteiger partial charge on any atom is 0.251 e. The van der Waals surface area contributed by atoms with Crippen LogP contribution in [0.2, 0.25) is 0 Å². The first-order valence-electron chi connectivity index (χ1n) is 8.47. The van der Waals surface area contributed by atoms with Gasteiger partial charge in [-0.1, -0.05) is 29.8 Å². The number of nitrogens with two attached hydrogens (primary N) is 1. The molecule has 0 atom stereocenters. The lowest BCUT2D eigenvalue weighted by Gasteiger charge is -2.08. The number of thioether (sulfide) groups is 1. The standard InChI is InChI=1S/C20H23N3O3S/c1-13-3-4-14(2)17(9-13)27-12-19(25)22-10-15-5-7-16(8-6-15)20(26)23-11-18(21)24/h3-9H,10-12H2,1-2H3,(H2,21,24)(H,22,25)(H,23,26). The van der Waals surface area contributed by atoms with Crippen LogP contribution in [0.25, 0.3) is 0 Å². The molecule has 2 rings (SSSR count). The zero-order valence-corrected chi connectivity index (χ0v) is 16.2. The Balaban J connectivity index is 1.80. The van der Waals surface area contributed by atoms with E-state index in [0.717, 1.165) is 16.0 Å². The number of aryl methyl sites for hydroxylation is 2. The van der Waals surface area contributed by atoms with Crippen molar-refractivity contribution in [1.82, 2.24) is 10.6 Å². The molecule has 27 heavy (non-hydrogen) atoms. The van der Waals surface area contributed by atoms with E-state index >= 15 is 0 Å². The molecule has 4 N–H and O–H groups in total. The molecule has 0 bridgehead atoms. The second-order valence-electron chi connectivity index (χ2n) is 6.18. The molecule has 0 saturated heterocycles. The first kappa shape index (κ1) is 20.5. The summed E-state index contributed by atoms with van der Waals surface area (Å²) in [4.78, 5) is 35.7. The number of amides is 3. The van der Waals surface area contributed by atoms with Crippen LogP contribution >= 0.6 is 11.8 Å². The van der Waals surface area contributed by atoms with Crippen molar-refractivity contribution in [2.24, 2.45) is 5.73 Å². The van der Waals surface area contributed by atoms with E-state index in [9.17, 15) is 14.4 Å². The molecule has 0 fully saturated rings. The van der Waals surface area contributed by atoms with E-state index in [0.29, 0.717) is 17.9 Å². The van der Waals surface area contributed by atoms with Crippen LogP contribution in [-0.2, 0) is 16.1 Å². The van der Waals surface area contributed by atoms with Crippen molar-refractivity contribution in [3.63, 3.8) is 0 Å². The summed E-state index contributed by atoms with van der Waals surface area (Å²) < 4.78 is 0. The van der Waals surface area contributed by atoms with Crippen molar-refractivity contribution < 1.29 is 14.4 Å². The third-order valence-electron chi connectivity index (χ3n) is 3.83. The van der Waals surface area contributed by atoms with Crippen LogP contribution in [0, 0.1) is 13.8 Å². The Morgan fingerprint density at radius 1 is 1.00 bits per heavy atom. The van der Waals surface area contributed by atoms with E-state index in [-0.39, 0.29) is 18.4 Å². The van der Waals surface area contributed by atoms with Crippen LogP contribution in [0.3, 0.4) is 0 Å². The van der Waals surface area contributed by atoms with Crippen molar-refractivity contribution in [2.45, 2.75) is 25.3 Å². The van der Waals surface area contributed by atoms with Crippen molar-refractivity contribution >= 4 is 29.5 Å². The topological polar surface area (TPSA) is 101 Å². The summed E-state index contributed by atoms with van der Waals surface area (Å²) in [5, 5.41) is 5.29. The van der Waals surface area contributed by atoms with Gasteiger partial charge in [-0.05, 0) is 43.2 Å². The smallest absolute Gasteiger partial charge is 0.251 e. The highest BCUT2D eigenvalue weighted by molar-refractivity contribution is 8.00. The predicted octanol–water partition coefficient (Wildman–Crippen LogP) is 1.93. The van der Waals surface area contributed by atoms with Gasteiger partial charge in [-0.15, -0.1) is 11.8 Å². The van der Waals surface area contributed by atoms with Crippen LogP contribution in [0.1, 0.15) is 27.0 Å². The molecule has 6 nitrogen and oxygen atoms in total. The molecular formula is C20H23N3O3S. The minimum absolute atomic E-state index is 0.0517. The Labute approximate surface area is 162 Å². The number of carbonyl (C=O) groups excluding carboxylic acids is 3. The van der Waals surface area contributed by atoms with E-state index < -0.39 is 5.91 Å². The fourth-order valence-corrected chi connectivity index (χ4v) is 3.25. The zero-order chi connectivity index (χ0) is 19.8. The molecule has 2 aromatic rings. The summed E-state index contributed by atoms with van der Waals surface area (Å²) in [6, 6.07) is 13.0. The molecule has 2 aromatic carbocycles. The normalized spacial score (nSPS) is 10.3. The van der Waals surface area contributed by atoms with Crippen LogP contribution in [0.4, 0.5) is 0 Å². The summed E-state index contributed by atoms with van der Waals surface area (Å²) in [5.74, 6) is -0.669. The lowest BCUT2D eigenvalue weighted by Crippen LogP contribution is -2.33. The van der Waals surface area contributed by atoms with E-state index in [4.69, 9.17) is 5.73 Å². The van der Waals surface area contributed by atoms with Gasteiger partial charge in [0.1, 0.15) is 0 Å². The average molecular weight is 385 g/mol. The van der Waals surface area contributed by atoms with Crippen molar-refractivity contribution in [3.8, 4) is 0 Å². The average Bonchev–Trinajstić information content (AvgIpc) is 2.65. The molecule has 0 aromatic heterocycles. The maximum atomic E-state index is 12.1. The fourth-order valence-electron chi connectivity index (χ4n) is 2.30. The molecule has 7 heteroatoms. The zero-order valence-electron chi connectivity index (χ0n) is 15.4. The predicted molar refractivity (Wildman–Crippen MR) is 106 cm³/mol. The highest BCUT2D eigenvalue weighted by Crippen LogP contribution is 2.23. The molecule has 0 heterocycles. The summed E-state index contributed by atoms with van der Waals surface area (Å²) in [7, 11) is 0. The van der Waals surface area contributed by atoms with Crippen LogP contribution in [0.15, 0.2) is 47.4 Å². The molecule has 0 aliphatic carbocycles. The third kappa shape index (κ3) is 6.79. The van der Waals surface area contributed by atoms with Crippen LogP contribution in [-0.4, -0.2) is 30.0 Å². The Morgan fingerprint density at radius 2 is 1.70 bits per heavy atom. The first-order chi connectivity index (χ1) is 12.8. The molecule has 142 valence electrons. The quantitative estimate of drug-likeness (QED) is 0.604. The van der Waals surface area contributed by atoms with Gasteiger partial charge < -0.3 is 16.4 Å². The van der Waals surface area contributed by atoms with Gasteiger partial charge in [0.25, 0.3) is 5.91 Å². The molecule has 0 spiro atoms. The van der Waals surface area contributed by atoms with Gasteiger partial charge in [-0.25, -0.2) is 0 Å². The van der Waals surface area contributed by atoms with Gasteiger partial charge in [0.15, 0.2) is 0 Å². The van der Waals surface area contributed by atoms with Crippen molar-refractivity contribution in [1.29, 1.82) is 0 Å². The second-order valence-corrected chi connectivity index (χ2v) is 7.20. The number of hydrogen-bond donors (Lipinski definition) is 3. The SMILES string of the molecule is Cc1ccc(C)c(SCC(=O)NCc2ccc(C(=O)NCC(N)=O)cc2)c1. The maximum absolute atomic E-state index is 12.1. The molecule has 0 unspecified atom stereocenters. The monoisotopic (exact) mass is 385 g/mol. The van der Waals surface area contributed by atoms with Gasteiger partial charge in [-0.2, -0.15) is 0 Å². The van der Waals surface area contributed by atoms with Crippen LogP contribution in [0.5, 0.6) is 0 Å². The Bertz CT molecular complexity index is 835. The van der Waals surface area contributed by atoms with Gasteiger partial charge in [-0.3, -0.25) is 14.4 Å². The summed E-state index contributed by atoms with van der Waals surface area (Å²) in [5.41, 5.74) is 8.63. The first-order valence-corrected chi connectivity index (χ1v) is 9.46. The van der Waals surface area contributed by atoms with Gasteiger partial charge in [0, 0.05) is 17.0 Å². The van der Waals surface area contributed by atoms with E-state index in [1.54, 1.807) is 24.3 Å². The molecule has 0 radical (unpaired) electrons. The summed E-state index contributed by atoms with van der Waals surface area (Å²) in [6.07, 6.45) is 0. The highest BCUT2D eigenvalue weighted by Gasteiger charge is 2.08. The van der Waals surface area contributed by atoms with Crippen LogP contribution < -0.4 is 16.4 Å². The summed E-state index contributed by atoms with van der Waals surface area (Å²) in [6.45, 7) is 4.24. The fraction of sp³-hybridized carbons (Fsp3) is 0.250. The van der Waals surface area contributed by atoms with E-state index in [1.165, 1.54) is 17.3 Å². The van der Waals surface area contributed by atoms with Gasteiger partial charge >= 0.3 is 0 Å². The summed E-state index contributed by atoms with van der Waals surface area (Å²) >= 11 is 1.52. The lowest BCUT2D eigenvalue weighted by atomic mass is 10.1. The number of nitrogens with one attached hydrogen (secondary N) is 2. The number of rotatable bonds is 8. The molecule has 3 amide bonds. The van der Waals surface area contributed by atoms with Gasteiger partial charge in [0.05, 0.1) is 12.3 Å². The second kappa shape index (κ2) is 9.78. The van der Waals surface area contributed by atoms with Crippen molar-refractivity contribution in [3.05, 3.63) is 64.7 Å². The molecule has 0 aliphatic rings. The largest absolute Gasteiger partial charge is 0.368 e. The number of hydrogen-bond acceptors (Lipinski definition) is 4. The van der Waals surface area contributed by atoms with E-state index in [1.807, 2.05) is 13.8 Å². The molecule has 0 aliphatic heterocycles. The Morgan fingerprint density at radius 3 is 2.37 bits per heavy atom. The highest BCUT2D eigenvalue weighted by atomic mass is 32.2. The van der Waals surface area contributed by atoms with E-state index in [2.05, 4.69) is 28.8 Å². The molecular weight excluding hydrogens is 362 g/mol. The third-order valence-corrected chi connectivity index (χ3v) is 4.99. The number of primary amides is 1. The van der Waals surface area contributed by atoms with Gasteiger partial charge in [0.2, 0.25) is 11.8 Å². The Hall–Kier alpha value is -2.80. The number of benzene rings is 2.